The van der Waals surface area contributed by atoms with E-state index in [1.165, 1.54) is 4.52 Å². The van der Waals surface area contributed by atoms with E-state index < -0.39 is 0 Å². The number of nitrogen functional groups attached to an aromatic ring is 1. The molecule has 0 amide bonds. The van der Waals surface area contributed by atoms with Crippen LogP contribution in [0.3, 0.4) is 0 Å². The van der Waals surface area contributed by atoms with E-state index in [0.717, 1.165) is 6.29 Å². The molecule has 2 rings (SSSR count). The molecule has 0 atom stereocenters. The summed E-state index contributed by atoms with van der Waals surface area (Å²) in [7, 11) is 0. The lowest BCUT2D eigenvalue weighted by atomic mass is 10.3. The van der Waals surface area contributed by atoms with Crippen LogP contribution in [0.25, 0.3) is 5.65 Å². The highest BCUT2D eigenvalue weighted by molar-refractivity contribution is 5.74. The molecule has 2 aromatic rings. The molecule has 2 N–H and O–H groups in total. The summed E-state index contributed by atoms with van der Waals surface area (Å²) in [6.45, 7) is 0. The van der Waals surface area contributed by atoms with Crippen LogP contribution in [0, 0.1) is 0 Å². The summed E-state index contributed by atoms with van der Waals surface area (Å²) in [5, 5.41) is 3.85. The molecular weight excluding hydrogens is 156 g/mol. The second-order valence-corrected chi connectivity index (χ2v) is 2.35. The number of hydrogen-bond acceptors (Lipinski definition) is 4. The fraction of sp³-hybridized carbons (Fsp3) is 0. The molecule has 0 saturated heterocycles. The lowest BCUT2D eigenvalue weighted by molar-refractivity contribution is 0.112. The van der Waals surface area contributed by atoms with Crippen LogP contribution in [-0.2, 0) is 0 Å². The van der Waals surface area contributed by atoms with Crippen LogP contribution in [-0.4, -0.2) is 20.9 Å². The molecule has 60 valence electrons. The smallest absolute Gasteiger partial charge is 0.240 e. The van der Waals surface area contributed by atoms with Crippen molar-refractivity contribution in [1.29, 1.82) is 0 Å². The predicted octanol–water partition coefficient (Wildman–Crippen LogP) is 0.124. The van der Waals surface area contributed by atoms with Gasteiger partial charge in [0, 0.05) is 11.8 Å². The number of fused-ring (bicyclic) bond motifs is 1. The summed E-state index contributed by atoms with van der Waals surface area (Å²) < 4.78 is 1.47. The van der Waals surface area contributed by atoms with E-state index >= 15 is 0 Å². The van der Waals surface area contributed by atoms with Gasteiger partial charge in [-0.25, -0.2) is 4.52 Å². The fourth-order valence-electron chi connectivity index (χ4n) is 0.986. The Morgan fingerprint density at radius 3 is 3.08 bits per heavy atom. The van der Waals surface area contributed by atoms with Gasteiger partial charge in [0.1, 0.15) is 0 Å². The Hall–Kier alpha value is -1.91. The van der Waals surface area contributed by atoms with Gasteiger partial charge in [-0.2, -0.15) is 4.98 Å². The topological polar surface area (TPSA) is 73.3 Å². The third-order valence-corrected chi connectivity index (χ3v) is 1.51. The molecule has 5 heteroatoms. The Labute approximate surface area is 67.8 Å². The number of carbonyl (C=O) groups excluding carboxylic acids is 1. The largest absolute Gasteiger partial charge is 0.366 e. The quantitative estimate of drug-likeness (QED) is 0.604. The van der Waals surface area contributed by atoms with E-state index in [1.54, 1.807) is 18.3 Å². The van der Waals surface area contributed by atoms with E-state index in [9.17, 15) is 4.79 Å². The van der Waals surface area contributed by atoms with Crippen molar-refractivity contribution in [2.45, 2.75) is 0 Å². The normalized spacial score (nSPS) is 10.3. The van der Waals surface area contributed by atoms with Crippen LogP contribution in [0.15, 0.2) is 18.3 Å². The van der Waals surface area contributed by atoms with E-state index in [-0.39, 0.29) is 5.95 Å². The van der Waals surface area contributed by atoms with Gasteiger partial charge in [-0.15, -0.1) is 5.10 Å². The molecule has 2 aromatic heterocycles. The maximum Gasteiger partial charge on any atom is 0.240 e. The lowest BCUT2D eigenvalue weighted by Gasteiger charge is -1.90. The van der Waals surface area contributed by atoms with Gasteiger partial charge in [0.15, 0.2) is 11.9 Å². The number of rotatable bonds is 1. The first-order chi connectivity index (χ1) is 5.79. The van der Waals surface area contributed by atoms with Crippen molar-refractivity contribution in [3.63, 3.8) is 0 Å². The van der Waals surface area contributed by atoms with Crippen LogP contribution in [0.1, 0.15) is 10.4 Å². The molecule has 0 fully saturated rings. The van der Waals surface area contributed by atoms with Gasteiger partial charge in [0.2, 0.25) is 5.95 Å². The Balaban J connectivity index is 2.74. The number of nitrogens with two attached hydrogens (primary N) is 1. The van der Waals surface area contributed by atoms with Gasteiger partial charge in [0.05, 0.1) is 0 Å². The second-order valence-electron chi connectivity index (χ2n) is 2.35. The molecule has 2 heterocycles. The summed E-state index contributed by atoms with van der Waals surface area (Å²) in [6.07, 6.45) is 2.32. The second kappa shape index (κ2) is 2.30. The van der Waals surface area contributed by atoms with Crippen LogP contribution < -0.4 is 5.73 Å². The fourth-order valence-corrected chi connectivity index (χ4v) is 0.986. The summed E-state index contributed by atoms with van der Waals surface area (Å²) in [5.41, 5.74) is 6.54. The summed E-state index contributed by atoms with van der Waals surface area (Å²) >= 11 is 0. The van der Waals surface area contributed by atoms with E-state index in [1.807, 2.05) is 0 Å². The van der Waals surface area contributed by atoms with Crippen molar-refractivity contribution in [1.82, 2.24) is 14.6 Å². The van der Waals surface area contributed by atoms with Crippen molar-refractivity contribution in [2.24, 2.45) is 0 Å². The maximum absolute atomic E-state index is 10.4. The molecule has 0 saturated carbocycles. The molecule has 0 aliphatic heterocycles. The first kappa shape index (κ1) is 6.78. The molecule has 5 nitrogen and oxygen atoms in total. The van der Waals surface area contributed by atoms with Gasteiger partial charge < -0.3 is 5.73 Å². The third kappa shape index (κ3) is 0.914. The molecule has 0 aromatic carbocycles. The maximum atomic E-state index is 10.4. The zero-order valence-corrected chi connectivity index (χ0v) is 6.14. The Kier molecular flexibility index (Phi) is 1.30. The Bertz CT molecular complexity index is 434. The Morgan fingerprint density at radius 2 is 2.33 bits per heavy atom. The van der Waals surface area contributed by atoms with Crippen LogP contribution >= 0.6 is 0 Å². The highest BCUT2D eigenvalue weighted by Gasteiger charge is 1.99. The zero-order chi connectivity index (χ0) is 8.55. The van der Waals surface area contributed by atoms with Crippen LogP contribution in [0.5, 0.6) is 0 Å². The average Bonchev–Trinajstić information content (AvgIpc) is 2.43. The van der Waals surface area contributed by atoms with Crippen molar-refractivity contribution >= 4 is 17.9 Å². The molecule has 0 aliphatic carbocycles. The Morgan fingerprint density at radius 1 is 1.50 bits per heavy atom. The van der Waals surface area contributed by atoms with Gasteiger partial charge in [-0.05, 0) is 12.1 Å². The van der Waals surface area contributed by atoms with Crippen molar-refractivity contribution in [3.05, 3.63) is 23.9 Å². The molecule has 0 unspecified atom stereocenters. The number of aromatic nitrogens is 3. The van der Waals surface area contributed by atoms with Crippen LogP contribution in [0.2, 0.25) is 0 Å². The zero-order valence-electron chi connectivity index (χ0n) is 6.14. The first-order valence-corrected chi connectivity index (χ1v) is 3.37. The average molecular weight is 162 g/mol. The number of anilines is 1. The minimum absolute atomic E-state index is 0.207. The van der Waals surface area contributed by atoms with Gasteiger partial charge >= 0.3 is 0 Å². The number of nitrogens with zero attached hydrogens (tertiary/aromatic N) is 3. The van der Waals surface area contributed by atoms with E-state index in [4.69, 9.17) is 5.73 Å². The standard InChI is InChI=1S/C7H6N4O/c8-7-9-6-2-1-5(4-12)3-11(6)10-7/h1-4H,(H2,8,10). The molecule has 0 spiro atoms. The van der Waals surface area contributed by atoms with Crippen molar-refractivity contribution < 1.29 is 4.79 Å². The summed E-state index contributed by atoms with van der Waals surface area (Å²) in [4.78, 5) is 14.3. The SMILES string of the molecule is Nc1nc2ccc(C=O)cn2n1. The minimum atomic E-state index is 0.207. The lowest BCUT2D eigenvalue weighted by Crippen LogP contribution is -1.91. The van der Waals surface area contributed by atoms with Crippen LogP contribution in [0.4, 0.5) is 5.95 Å². The number of pyridine rings is 1. The predicted molar refractivity (Wildman–Crippen MR) is 42.8 cm³/mol. The van der Waals surface area contributed by atoms with Gasteiger partial charge in [-0.3, -0.25) is 4.79 Å². The van der Waals surface area contributed by atoms with E-state index in [0.29, 0.717) is 11.2 Å². The first-order valence-electron chi connectivity index (χ1n) is 3.37. The number of carbonyl (C=O) groups is 1. The molecule has 0 bridgehead atoms. The third-order valence-electron chi connectivity index (χ3n) is 1.51. The van der Waals surface area contributed by atoms with Crippen molar-refractivity contribution in [2.75, 3.05) is 5.73 Å². The molecule has 0 radical (unpaired) electrons. The highest BCUT2D eigenvalue weighted by Crippen LogP contribution is 2.03. The van der Waals surface area contributed by atoms with Gasteiger partial charge in [-0.1, -0.05) is 0 Å². The minimum Gasteiger partial charge on any atom is -0.366 e. The van der Waals surface area contributed by atoms with Gasteiger partial charge in [0.25, 0.3) is 0 Å². The molecule has 12 heavy (non-hydrogen) atoms. The summed E-state index contributed by atoms with van der Waals surface area (Å²) in [6, 6.07) is 3.35. The molecular formula is C7H6N4O. The number of aldehydes is 1. The summed E-state index contributed by atoms with van der Waals surface area (Å²) in [5.74, 6) is 0.207. The monoisotopic (exact) mass is 162 g/mol. The molecule has 0 aliphatic rings. The van der Waals surface area contributed by atoms with Crippen molar-refractivity contribution in [3.8, 4) is 0 Å². The number of hydrogen-bond donors (Lipinski definition) is 1. The highest BCUT2D eigenvalue weighted by atomic mass is 16.1. The van der Waals surface area contributed by atoms with E-state index in [2.05, 4.69) is 10.1 Å².